The highest BCUT2D eigenvalue weighted by Gasteiger charge is 2.32. The molecule has 0 bridgehead atoms. The molecule has 3 heteroatoms. The predicted octanol–water partition coefficient (Wildman–Crippen LogP) is 1.47. The first-order valence-corrected chi connectivity index (χ1v) is 5.00. The number of hydrogen-bond acceptors (Lipinski definition) is 3. The van der Waals surface area contributed by atoms with Gasteiger partial charge in [-0.05, 0) is 32.5 Å². The van der Waals surface area contributed by atoms with Crippen LogP contribution < -0.4 is 10.1 Å². The molecule has 0 aliphatic carbocycles. The molecule has 0 saturated heterocycles. The lowest BCUT2D eigenvalue weighted by Gasteiger charge is -2.12. The van der Waals surface area contributed by atoms with Gasteiger partial charge < -0.3 is 10.1 Å². The van der Waals surface area contributed by atoms with Gasteiger partial charge in [0.25, 0.3) is 0 Å². The monoisotopic (exact) mass is 192 g/mol. The molecule has 0 aromatic carbocycles. The van der Waals surface area contributed by atoms with Crippen LogP contribution in [-0.4, -0.2) is 24.7 Å². The van der Waals surface area contributed by atoms with E-state index in [4.69, 9.17) is 4.74 Å². The van der Waals surface area contributed by atoms with Crippen molar-refractivity contribution >= 4 is 0 Å². The summed E-state index contributed by atoms with van der Waals surface area (Å²) in [6, 6.07) is 1.99. The van der Waals surface area contributed by atoms with E-state index in [0.717, 1.165) is 18.0 Å². The second kappa shape index (κ2) is 3.58. The lowest BCUT2D eigenvalue weighted by Crippen LogP contribution is -2.24. The number of nitrogens with zero attached hydrogens (tertiary/aromatic N) is 1. The van der Waals surface area contributed by atoms with Crippen molar-refractivity contribution in [2.45, 2.75) is 25.9 Å². The number of ether oxygens (including phenoxy) is 1. The van der Waals surface area contributed by atoms with Crippen LogP contribution in [0, 0.1) is 6.92 Å². The number of nitrogens with one attached hydrogen (secondary N) is 1. The van der Waals surface area contributed by atoms with E-state index >= 15 is 0 Å². The second-order valence-corrected chi connectivity index (χ2v) is 3.83. The molecule has 1 aromatic heterocycles. The van der Waals surface area contributed by atoms with Gasteiger partial charge in [-0.15, -0.1) is 0 Å². The lowest BCUT2D eigenvalue weighted by molar-refractivity contribution is 0.223. The Labute approximate surface area is 84.5 Å². The molecule has 0 radical (unpaired) electrons. The molecular formula is C11H16N2O. The summed E-state index contributed by atoms with van der Waals surface area (Å²) in [6.07, 6.45) is 2.09. The van der Waals surface area contributed by atoms with Crippen LogP contribution in [0.15, 0.2) is 12.3 Å². The predicted molar refractivity (Wildman–Crippen MR) is 55.7 cm³/mol. The maximum atomic E-state index is 5.80. The van der Waals surface area contributed by atoms with E-state index in [1.54, 1.807) is 0 Å². The largest absolute Gasteiger partial charge is 0.488 e. The summed E-state index contributed by atoms with van der Waals surface area (Å²) in [6.45, 7) is 5.09. The first-order valence-electron chi connectivity index (χ1n) is 5.00. The summed E-state index contributed by atoms with van der Waals surface area (Å²) in [4.78, 5) is 4.41. The third kappa shape index (κ3) is 1.38. The molecule has 2 heterocycles. The molecule has 2 atom stereocenters. The highest BCUT2D eigenvalue weighted by atomic mass is 16.5. The molecule has 0 fully saturated rings. The minimum Gasteiger partial charge on any atom is -0.488 e. The molecule has 0 spiro atoms. The fraction of sp³-hybridized carbons (Fsp3) is 0.545. The molecule has 1 aromatic rings. The summed E-state index contributed by atoms with van der Waals surface area (Å²) >= 11 is 0. The van der Waals surface area contributed by atoms with Crippen molar-refractivity contribution in [1.82, 2.24) is 10.3 Å². The van der Waals surface area contributed by atoms with Crippen molar-refractivity contribution in [3.05, 3.63) is 23.5 Å². The van der Waals surface area contributed by atoms with Gasteiger partial charge in [-0.3, -0.25) is 4.98 Å². The van der Waals surface area contributed by atoms with Crippen LogP contribution in [0.2, 0.25) is 0 Å². The fourth-order valence-electron chi connectivity index (χ4n) is 1.96. The third-order valence-electron chi connectivity index (χ3n) is 2.77. The van der Waals surface area contributed by atoms with Crippen molar-refractivity contribution in [3.8, 4) is 5.75 Å². The first kappa shape index (κ1) is 9.46. The van der Waals surface area contributed by atoms with Crippen molar-refractivity contribution in [2.75, 3.05) is 13.6 Å². The Kier molecular flexibility index (Phi) is 2.42. The molecule has 2 rings (SSSR count). The van der Waals surface area contributed by atoms with Crippen LogP contribution in [0.1, 0.15) is 24.1 Å². The SMILES string of the molecule is CNC[C@H]1c2nccc(C)c2O[C@@H]1C. The number of hydrogen-bond donors (Lipinski definition) is 1. The Morgan fingerprint density at radius 1 is 1.57 bits per heavy atom. The van der Waals surface area contributed by atoms with E-state index in [0.29, 0.717) is 5.92 Å². The van der Waals surface area contributed by atoms with Gasteiger partial charge in [-0.2, -0.15) is 0 Å². The van der Waals surface area contributed by atoms with E-state index < -0.39 is 0 Å². The molecule has 1 N–H and O–H groups in total. The Balaban J connectivity index is 2.37. The van der Waals surface area contributed by atoms with Crippen molar-refractivity contribution in [2.24, 2.45) is 0 Å². The van der Waals surface area contributed by atoms with Gasteiger partial charge in [0.1, 0.15) is 11.9 Å². The zero-order valence-electron chi connectivity index (χ0n) is 8.87. The standard InChI is InChI=1S/C11H16N2O/c1-7-4-5-13-10-9(6-12-3)8(2)14-11(7)10/h4-5,8-9,12H,6H2,1-3H3/t8-,9-/m1/s1. The quantitative estimate of drug-likeness (QED) is 0.770. The van der Waals surface area contributed by atoms with Gasteiger partial charge >= 0.3 is 0 Å². The van der Waals surface area contributed by atoms with Gasteiger partial charge in [-0.25, -0.2) is 0 Å². The lowest BCUT2D eigenvalue weighted by atomic mass is 10.0. The van der Waals surface area contributed by atoms with E-state index in [1.807, 2.05) is 19.3 Å². The van der Waals surface area contributed by atoms with Gasteiger partial charge in [0.2, 0.25) is 0 Å². The summed E-state index contributed by atoms with van der Waals surface area (Å²) in [5.41, 5.74) is 2.28. The highest BCUT2D eigenvalue weighted by molar-refractivity contribution is 5.42. The minimum absolute atomic E-state index is 0.228. The van der Waals surface area contributed by atoms with Gasteiger partial charge in [-0.1, -0.05) is 0 Å². The number of likely N-dealkylation sites (N-methyl/N-ethyl adjacent to an activating group) is 1. The fourth-order valence-corrected chi connectivity index (χ4v) is 1.96. The Hall–Kier alpha value is -1.09. The number of aryl methyl sites for hydroxylation is 1. The third-order valence-corrected chi connectivity index (χ3v) is 2.77. The van der Waals surface area contributed by atoms with E-state index in [-0.39, 0.29) is 6.10 Å². The van der Waals surface area contributed by atoms with Crippen molar-refractivity contribution in [1.29, 1.82) is 0 Å². The van der Waals surface area contributed by atoms with Crippen LogP contribution >= 0.6 is 0 Å². The Morgan fingerprint density at radius 2 is 2.36 bits per heavy atom. The molecule has 1 aliphatic rings. The molecule has 0 amide bonds. The van der Waals surface area contributed by atoms with Crippen LogP contribution in [-0.2, 0) is 0 Å². The summed E-state index contributed by atoms with van der Waals surface area (Å²) in [5, 5.41) is 3.18. The molecule has 76 valence electrons. The second-order valence-electron chi connectivity index (χ2n) is 3.83. The van der Waals surface area contributed by atoms with Crippen LogP contribution in [0.25, 0.3) is 0 Å². The summed E-state index contributed by atoms with van der Waals surface area (Å²) < 4.78 is 5.80. The van der Waals surface area contributed by atoms with E-state index in [1.165, 1.54) is 5.56 Å². The van der Waals surface area contributed by atoms with E-state index in [9.17, 15) is 0 Å². The zero-order valence-corrected chi connectivity index (χ0v) is 8.87. The summed E-state index contributed by atoms with van der Waals surface area (Å²) in [5.74, 6) is 1.37. The van der Waals surface area contributed by atoms with Gasteiger partial charge in [0.05, 0.1) is 11.6 Å². The maximum Gasteiger partial charge on any atom is 0.144 e. The minimum atomic E-state index is 0.228. The molecule has 1 aliphatic heterocycles. The first-order chi connectivity index (χ1) is 6.74. The zero-order chi connectivity index (χ0) is 10.1. The summed E-state index contributed by atoms with van der Waals surface area (Å²) in [7, 11) is 1.96. The smallest absolute Gasteiger partial charge is 0.144 e. The average molecular weight is 192 g/mol. The van der Waals surface area contributed by atoms with E-state index in [2.05, 4.69) is 24.1 Å². The molecule has 3 nitrogen and oxygen atoms in total. The van der Waals surface area contributed by atoms with Gasteiger partial charge in [0, 0.05) is 12.7 Å². The molecular weight excluding hydrogens is 176 g/mol. The molecule has 0 unspecified atom stereocenters. The normalized spacial score (nSPS) is 24.5. The maximum absolute atomic E-state index is 5.80. The van der Waals surface area contributed by atoms with Gasteiger partial charge in [0.15, 0.2) is 0 Å². The van der Waals surface area contributed by atoms with Crippen LogP contribution in [0.4, 0.5) is 0 Å². The number of aromatic nitrogens is 1. The average Bonchev–Trinajstić information content (AvgIpc) is 2.47. The number of pyridine rings is 1. The van der Waals surface area contributed by atoms with Crippen LogP contribution in [0.3, 0.4) is 0 Å². The topological polar surface area (TPSA) is 34.2 Å². The van der Waals surface area contributed by atoms with Crippen LogP contribution in [0.5, 0.6) is 5.75 Å². The molecule has 14 heavy (non-hydrogen) atoms. The molecule has 0 saturated carbocycles. The number of rotatable bonds is 2. The van der Waals surface area contributed by atoms with Crippen molar-refractivity contribution in [3.63, 3.8) is 0 Å². The Morgan fingerprint density at radius 3 is 3.07 bits per heavy atom. The number of fused-ring (bicyclic) bond motifs is 1. The van der Waals surface area contributed by atoms with Crippen molar-refractivity contribution < 1.29 is 4.74 Å². The Bertz CT molecular complexity index is 338. The highest BCUT2D eigenvalue weighted by Crippen LogP contribution is 2.38.